The van der Waals surface area contributed by atoms with Gasteiger partial charge in [0, 0.05) is 18.3 Å². The molecule has 0 N–H and O–H groups in total. The maximum absolute atomic E-state index is 6.11. The molecule has 4 aliphatic heterocycles. The Morgan fingerprint density at radius 1 is 1.21 bits per heavy atom. The molecule has 6 atom stereocenters. The SMILES string of the molecule is CC1=COC2O[C@@]3(C)CCC4[C@H](C)CCC1[C@@]24OO3. The van der Waals surface area contributed by atoms with E-state index in [0.717, 1.165) is 19.3 Å². The summed E-state index contributed by atoms with van der Waals surface area (Å²) < 4.78 is 12.0. The van der Waals surface area contributed by atoms with Crippen LogP contribution in [0.1, 0.15) is 46.5 Å². The predicted molar refractivity (Wildman–Crippen MR) is 67.6 cm³/mol. The first-order chi connectivity index (χ1) is 9.05. The fourth-order valence-corrected chi connectivity index (χ4v) is 4.55. The molecule has 1 saturated carbocycles. The van der Waals surface area contributed by atoms with Crippen molar-refractivity contribution < 1.29 is 19.2 Å². The standard InChI is InChI=1S/C15H22O4/c1-9-4-5-11-10(2)8-16-13-15(11)12(9)6-7-14(3,17-13)18-19-15/h8-9,11-13H,4-7H2,1-3H3/t9-,11?,12?,13?,14-,15+/m1/s1. The van der Waals surface area contributed by atoms with Crippen LogP contribution in [0.3, 0.4) is 0 Å². The van der Waals surface area contributed by atoms with E-state index in [2.05, 4.69) is 13.8 Å². The Morgan fingerprint density at radius 2 is 2.05 bits per heavy atom. The molecule has 4 heterocycles. The number of fused-ring (bicyclic) bond motifs is 2. The van der Waals surface area contributed by atoms with Gasteiger partial charge < -0.3 is 9.47 Å². The van der Waals surface area contributed by atoms with Gasteiger partial charge in [-0.1, -0.05) is 6.92 Å². The molecule has 0 aromatic carbocycles. The summed E-state index contributed by atoms with van der Waals surface area (Å²) in [5.74, 6) is 0.775. The third kappa shape index (κ3) is 1.45. The monoisotopic (exact) mass is 266 g/mol. The van der Waals surface area contributed by atoms with Crippen LogP contribution in [0.2, 0.25) is 0 Å². The minimum absolute atomic E-state index is 0.324. The van der Waals surface area contributed by atoms with E-state index in [9.17, 15) is 0 Å². The molecular formula is C15H22O4. The van der Waals surface area contributed by atoms with Crippen LogP contribution < -0.4 is 0 Å². The lowest BCUT2D eigenvalue weighted by Gasteiger charge is -2.56. The van der Waals surface area contributed by atoms with Crippen LogP contribution in [0.5, 0.6) is 0 Å². The highest BCUT2D eigenvalue weighted by atomic mass is 17.3. The normalized spacial score (nSPS) is 55.8. The lowest BCUT2D eigenvalue weighted by molar-refractivity contribution is -0.555. The average molecular weight is 266 g/mol. The molecule has 4 fully saturated rings. The van der Waals surface area contributed by atoms with E-state index in [0.29, 0.717) is 17.8 Å². The van der Waals surface area contributed by atoms with Gasteiger partial charge in [0.1, 0.15) is 0 Å². The van der Waals surface area contributed by atoms with Gasteiger partial charge in [-0.2, -0.15) is 0 Å². The molecule has 0 aromatic rings. The zero-order valence-electron chi connectivity index (χ0n) is 11.8. The first-order valence-corrected chi connectivity index (χ1v) is 7.42. The van der Waals surface area contributed by atoms with Crippen molar-refractivity contribution in [3.8, 4) is 0 Å². The highest BCUT2D eigenvalue weighted by Crippen LogP contribution is 2.59. The van der Waals surface area contributed by atoms with Crippen molar-refractivity contribution in [1.29, 1.82) is 0 Å². The van der Waals surface area contributed by atoms with Crippen molar-refractivity contribution in [1.82, 2.24) is 0 Å². The zero-order valence-corrected chi connectivity index (χ0v) is 11.8. The molecule has 0 radical (unpaired) electrons. The minimum Gasteiger partial charge on any atom is -0.469 e. The highest BCUT2D eigenvalue weighted by Gasteiger charge is 2.67. The van der Waals surface area contributed by atoms with Crippen LogP contribution in [0.15, 0.2) is 11.8 Å². The van der Waals surface area contributed by atoms with Crippen molar-refractivity contribution >= 4 is 0 Å². The first-order valence-electron chi connectivity index (χ1n) is 7.42. The molecule has 1 spiro atoms. The Morgan fingerprint density at radius 3 is 2.89 bits per heavy atom. The summed E-state index contributed by atoms with van der Waals surface area (Å²) in [7, 11) is 0. The van der Waals surface area contributed by atoms with Crippen molar-refractivity contribution in [3.63, 3.8) is 0 Å². The Kier molecular flexibility index (Phi) is 2.40. The fraction of sp³-hybridized carbons (Fsp3) is 0.867. The molecule has 4 nitrogen and oxygen atoms in total. The van der Waals surface area contributed by atoms with Gasteiger partial charge >= 0.3 is 0 Å². The average Bonchev–Trinajstić information content (AvgIpc) is 2.61. The topological polar surface area (TPSA) is 36.9 Å². The van der Waals surface area contributed by atoms with E-state index < -0.39 is 11.4 Å². The van der Waals surface area contributed by atoms with E-state index >= 15 is 0 Å². The van der Waals surface area contributed by atoms with Gasteiger partial charge in [-0.05, 0) is 44.6 Å². The van der Waals surface area contributed by atoms with Gasteiger partial charge in [0.05, 0.1) is 6.26 Å². The van der Waals surface area contributed by atoms with Gasteiger partial charge in [-0.15, -0.1) is 0 Å². The molecule has 2 bridgehead atoms. The molecular weight excluding hydrogens is 244 g/mol. The second kappa shape index (κ2) is 3.74. The van der Waals surface area contributed by atoms with Crippen molar-refractivity contribution in [2.24, 2.45) is 17.8 Å². The number of hydrogen-bond donors (Lipinski definition) is 0. The summed E-state index contributed by atoms with van der Waals surface area (Å²) in [6, 6.07) is 0. The van der Waals surface area contributed by atoms with Crippen LogP contribution >= 0.6 is 0 Å². The zero-order chi connectivity index (χ0) is 13.3. The van der Waals surface area contributed by atoms with Crippen molar-refractivity contribution in [2.75, 3.05) is 0 Å². The summed E-state index contributed by atoms with van der Waals surface area (Å²) in [5, 5.41) is 0. The Hall–Kier alpha value is -0.580. The summed E-state index contributed by atoms with van der Waals surface area (Å²) in [4.78, 5) is 11.7. The van der Waals surface area contributed by atoms with Crippen LogP contribution in [-0.2, 0) is 19.2 Å². The highest BCUT2D eigenvalue weighted by molar-refractivity contribution is 5.19. The van der Waals surface area contributed by atoms with E-state index in [1.165, 1.54) is 12.0 Å². The van der Waals surface area contributed by atoms with E-state index in [1.54, 1.807) is 0 Å². The first kappa shape index (κ1) is 12.2. The van der Waals surface area contributed by atoms with Crippen LogP contribution in [0.25, 0.3) is 0 Å². The van der Waals surface area contributed by atoms with Gasteiger partial charge in [0.15, 0.2) is 5.60 Å². The molecule has 3 saturated heterocycles. The molecule has 1 aliphatic carbocycles. The molecule has 106 valence electrons. The lowest BCUT2D eigenvalue weighted by atomic mass is 9.60. The molecule has 4 heteroatoms. The number of rotatable bonds is 0. The predicted octanol–water partition coefficient (Wildman–Crippen LogP) is 3.14. The third-order valence-electron chi connectivity index (χ3n) is 5.65. The van der Waals surface area contributed by atoms with Crippen LogP contribution in [0.4, 0.5) is 0 Å². The fourth-order valence-electron chi connectivity index (χ4n) is 4.55. The van der Waals surface area contributed by atoms with Gasteiger partial charge in [0.25, 0.3) is 0 Å². The number of hydrogen-bond acceptors (Lipinski definition) is 4. The summed E-state index contributed by atoms with van der Waals surface area (Å²) in [6.45, 7) is 6.40. The quantitative estimate of drug-likeness (QED) is 0.631. The van der Waals surface area contributed by atoms with Crippen LogP contribution in [0, 0.1) is 17.8 Å². The van der Waals surface area contributed by atoms with Gasteiger partial charge in [0.2, 0.25) is 12.1 Å². The van der Waals surface area contributed by atoms with E-state index in [-0.39, 0.29) is 6.29 Å². The maximum Gasteiger partial charge on any atom is 0.235 e. The Labute approximate surface area is 114 Å². The minimum atomic E-state index is -0.656. The molecule has 0 amide bonds. The largest absolute Gasteiger partial charge is 0.469 e. The maximum atomic E-state index is 6.11. The summed E-state index contributed by atoms with van der Waals surface area (Å²) in [5.41, 5.74) is 0.817. The van der Waals surface area contributed by atoms with E-state index in [4.69, 9.17) is 19.2 Å². The molecule has 0 aromatic heterocycles. The van der Waals surface area contributed by atoms with Crippen molar-refractivity contribution in [3.05, 3.63) is 11.8 Å². The smallest absolute Gasteiger partial charge is 0.235 e. The summed E-state index contributed by atoms with van der Waals surface area (Å²) >= 11 is 0. The lowest BCUT2D eigenvalue weighted by Crippen LogP contribution is -2.66. The molecule has 5 rings (SSSR count). The molecule has 3 unspecified atom stereocenters. The third-order valence-corrected chi connectivity index (χ3v) is 5.65. The molecule has 19 heavy (non-hydrogen) atoms. The van der Waals surface area contributed by atoms with Crippen molar-refractivity contribution in [2.45, 2.75) is 64.1 Å². The molecule has 5 aliphatic rings. The second-order valence-electron chi connectivity index (χ2n) is 6.85. The Balaban J connectivity index is 1.85. The van der Waals surface area contributed by atoms with Gasteiger partial charge in [-0.3, -0.25) is 0 Å². The second-order valence-corrected chi connectivity index (χ2v) is 6.85. The Bertz CT molecular complexity index is 434. The van der Waals surface area contributed by atoms with Crippen LogP contribution in [-0.4, -0.2) is 17.7 Å². The summed E-state index contributed by atoms with van der Waals surface area (Å²) in [6.07, 6.45) is 5.87. The van der Waals surface area contributed by atoms with Gasteiger partial charge in [-0.25, -0.2) is 9.78 Å². The number of ether oxygens (including phenoxy) is 2. The van der Waals surface area contributed by atoms with E-state index in [1.807, 2.05) is 13.2 Å².